The Balaban J connectivity index is 2.66. The van der Waals surface area contributed by atoms with Crippen molar-refractivity contribution >= 4 is 17.7 Å². The highest BCUT2D eigenvalue weighted by Crippen LogP contribution is 2.01. The molecule has 4 nitrogen and oxygen atoms in total. The molecule has 0 amide bonds. The summed E-state index contributed by atoms with van der Waals surface area (Å²) in [5.74, 6) is -0.0394. The van der Waals surface area contributed by atoms with E-state index in [0.29, 0.717) is 0 Å². The molecule has 4 heteroatoms. The molecular formula is C11H14N4. The Labute approximate surface area is 89.0 Å². The first-order valence-electron chi connectivity index (χ1n) is 4.55. The predicted octanol–water partition coefficient (Wildman–Crippen LogP) is 1.35. The van der Waals surface area contributed by atoms with Crippen LogP contribution < -0.4 is 11.5 Å². The maximum atomic E-state index is 5.14. The first-order chi connectivity index (χ1) is 7.18. The summed E-state index contributed by atoms with van der Waals surface area (Å²) in [7, 11) is 0. The maximum absolute atomic E-state index is 5.14. The van der Waals surface area contributed by atoms with E-state index in [9.17, 15) is 0 Å². The Bertz CT molecular complexity index is 386. The Kier molecular flexibility index (Phi) is 4.09. The highest BCUT2D eigenvalue weighted by atomic mass is 15.3. The third-order valence-corrected chi connectivity index (χ3v) is 1.64. The van der Waals surface area contributed by atoms with Crippen LogP contribution in [0.5, 0.6) is 0 Å². The van der Waals surface area contributed by atoms with E-state index in [-0.39, 0.29) is 5.96 Å². The molecule has 0 atom stereocenters. The second-order valence-electron chi connectivity index (χ2n) is 3.01. The normalized spacial score (nSPS) is 11.7. The lowest BCUT2D eigenvalue weighted by atomic mass is 10.2. The van der Waals surface area contributed by atoms with E-state index in [1.807, 2.05) is 49.4 Å². The monoisotopic (exact) mass is 202 g/mol. The molecule has 0 heterocycles. The number of rotatable bonds is 3. The van der Waals surface area contributed by atoms with Crippen molar-refractivity contribution in [3.8, 4) is 0 Å². The minimum Gasteiger partial charge on any atom is -0.369 e. The standard InChI is InChI=1S/C11H14N4/c1-9(14-15-11(12)13)7-8-10-5-3-2-4-6-10/h2-8H,1H3,(H4,12,13,15)/b8-7+,14-9-. The number of nitrogens with two attached hydrogens (primary N) is 2. The predicted molar refractivity (Wildman–Crippen MR) is 64.4 cm³/mol. The van der Waals surface area contributed by atoms with Crippen molar-refractivity contribution in [3.63, 3.8) is 0 Å². The molecule has 15 heavy (non-hydrogen) atoms. The second-order valence-corrected chi connectivity index (χ2v) is 3.01. The molecular weight excluding hydrogens is 188 g/mol. The number of hydrogen-bond donors (Lipinski definition) is 2. The van der Waals surface area contributed by atoms with Gasteiger partial charge in [0.25, 0.3) is 0 Å². The summed E-state index contributed by atoms with van der Waals surface area (Å²) in [5.41, 5.74) is 12.1. The van der Waals surface area contributed by atoms with E-state index in [0.717, 1.165) is 11.3 Å². The smallest absolute Gasteiger partial charge is 0.211 e. The number of hydrogen-bond acceptors (Lipinski definition) is 2. The first-order valence-corrected chi connectivity index (χ1v) is 4.55. The molecule has 0 saturated carbocycles. The zero-order valence-electron chi connectivity index (χ0n) is 8.59. The van der Waals surface area contributed by atoms with Gasteiger partial charge < -0.3 is 11.5 Å². The SMILES string of the molecule is CC(/C=C/c1ccccc1)=N/N=C(N)N. The van der Waals surface area contributed by atoms with Crippen LogP contribution in [0.15, 0.2) is 46.6 Å². The molecule has 78 valence electrons. The second kappa shape index (κ2) is 5.59. The lowest BCUT2D eigenvalue weighted by Gasteiger charge is -1.91. The van der Waals surface area contributed by atoms with Gasteiger partial charge >= 0.3 is 0 Å². The van der Waals surface area contributed by atoms with Crippen molar-refractivity contribution in [2.75, 3.05) is 0 Å². The van der Waals surface area contributed by atoms with Crippen LogP contribution >= 0.6 is 0 Å². The van der Waals surface area contributed by atoms with Crippen LogP contribution in [0.2, 0.25) is 0 Å². The average Bonchev–Trinajstić information content (AvgIpc) is 2.25. The molecule has 0 unspecified atom stereocenters. The van der Waals surface area contributed by atoms with Gasteiger partial charge in [-0.2, -0.15) is 5.10 Å². The molecule has 0 aliphatic carbocycles. The zero-order chi connectivity index (χ0) is 11.1. The van der Waals surface area contributed by atoms with Crippen molar-refractivity contribution in [2.45, 2.75) is 6.92 Å². The molecule has 1 aromatic rings. The van der Waals surface area contributed by atoms with Gasteiger partial charge in [0.2, 0.25) is 5.96 Å². The van der Waals surface area contributed by atoms with Crippen LogP contribution in [0.1, 0.15) is 12.5 Å². The van der Waals surface area contributed by atoms with E-state index in [1.54, 1.807) is 0 Å². The van der Waals surface area contributed by atoms with Gasteiger partial charge in [-0.15, -0.1) is 5.10 Å². The highest BCUT2D eigenvalue weighted by Gasteiger charge is 1.85. The molecule has 0 spiro atoms. The third-order valence-electron chi connectivity index (χ3n) is 1.64. The van der Waals surface area contributed by atoms with E-state index in [1.165, 1.54) is 0 Å². The fourth-order valence-electron chi connectivity index (χ4n) is 0.951. The quantitative estimate of drug-likeness (QED) is 0.441. The molecule has 0 fully saturated rings. The molecule has 0 aliphatic heterocycles. The number of nitrogens with zero attached hydrogens (tertiary/aromatic N) is 2. The lowest BCUT2D eigenvalue weighted by molar-refractivity contribution is 1.20. The van der Waals surface area contributed by atoms with Crippen LogP contribution in [0.4, 0.5) is 0 Å². The van der Waals surface area contributed by atoms with Gasteiger partial charge in [-0.1, -0.05) is 36.4 Å². The molecule has 0 saturated heterocycles. The number of benzene rings is 1. The van der Waals surface area contributed by atoms with E-state index in [4.69, 9.17) is 11.5 Å². The molecule has 4 N–H and O–H groups in total. The average molecular weight is 202 g/mol. The lowest BCUT2D eigenvalue weighted by Crippen LogP contribution is -2.21. The Morgan fingerprint density at radius 2 is 1.80 bits per heavy atom. The summed E-state index contributed by atoms with van der Waals surface area (Å²) in [6, 6.07) is 9.93. The van der Waals surface area contributed by atoms with E-state index in [2.05, 4.69) is 10.2 Å². The summed E-state index contributed by atoms with van der Waals surface area (Å²) in [6.07, 6.45) is 3.79. The third kappa shape index (κ3) is 4.61. The van der Waals surface area contributed by atoms with Crippen LogP contribution in [-0.2, 0) is 0 Å². The first kappa shape index (κ1) is 11.0. The summed E-state index contributed by atoms with van der Waals surface area (Å²) >= 11 is 0. The van der Waals surface area contributed by atoms with Gasteiger partial charge in [0.1, 0.15) is 0 Å². The van der Waals surface area contributed by atoms with Gasteiger partial charge in [-0.05, 0) is 18.6 Å². The van der Waals surface area contributed by atoms with Crippen LogP contribution in [0.25, 0.3) is 6.08 Å². The van der Waals surface area contributed by atoms with Gasteiger partial charge in [0.15, 0.2) is 0 Å². The van der Waals surface area contributed by atoms with Crippen LogP contribution in [-0.4, -0.2) is 11.7 Å². The maximum Gasteiger partial charge on any atom is 0.211 e. The van der Waals surface area contributed by atoms with Crippen LogP contribution in [0.3, 0.4) is 0 Å². The largest absolute Gasteiger partial charge is 0.369 e. The minimum atomic E-state index is -0.0394. The van der Waals surface area contributed by atoms with Crippen molar-refractivity contribution in [2.24, 2.45) is 21.7 Å². The van der Waals surface area contributed by atoms with Crippen molar-refractivity contribution in [1.29, 1.82) is 0 Å². The Hall–Kier alpha value is -2.10. The van der Waals surface area contributed by atoms with E-state index < -0.39 is 0 Å². The van der Waals surface area contributed by atoms with Gasteiger partial charge in [-0.25, -0.2) is 0 Å². The van der Waals surface area contributed by atoms with Crippen molar-refractivity contribution in [3.05, 3.63) is 42.0 Å². The van der Waals surface area contributed by atoms with Gasteiger partial charge in [-0.3, -0.25) is 0 Å². The summed E-state index contributed by atoms with van der Waals surface area (Å²) in [5, 5.41) is 7.35. The van der Waals surface area contributed by atoms with Gasteiger partial charge in [0.05, 0.1) is 5.71 Å². The molecule has 1 rings (SSSR count). The van der Waals surface area contributed by atoms with E-state index >= 15 is 0 Å². The number of allylic oxidation sites excluding steroid dienone is 1. The molecule has 0 aromatic heterocycles. The molecule has 0 bridgehead atoms. The van der Waals surface area contributed by atoms with Crippen molar-refractivity contribution in [1.82, 2.24) is 0 Å². The molecule has 0 aliphatic rings. The summed E-state index contributed by atoms with van der Waals surface area (Å²) < 4.78 is 0. The summed E-state index contributed by atoms with van der Waals surface area (Å²) in [6.45, 7) is 1.83. The minimum absolute atomic E-state index is 0.0394. The molecule has 0 radical (unpaired) electrons. The Morgan fingerprint density at radius 1 is 1.13 bits per heavy atom. The van der Waals surface area contributed by atoms with Gasteiger partial charge in [0, 0.05) is 0 Å². The van der Waals surface area contributed by atoms with Crippen LogP contribution in [0, 0.1) is 0 Å². The summed E-state index contributed by atoms with van der Waals surface area (Å²) in [4.78, 5) is 0. The zero-order valence-corrected chi connectivity index (χ0v) is 8.59. The Morgan fingerprint density at radius 3 is 2.40 bits per heavy atom. The van der Waals surface area contributed by atoms with Crippen molar-refractivity contribution < 1.29 is 0 Å². The fraction of sp³-hybridized carbons (Fsp3) is 0.0909. The molecule has 1 aromatic carbocycles. The highest BCUT2D eigenvalue weighted by molar-refractivity contribution is 5.96. The number of guanidine groups is 1. The topological polar surface area (TPSA) is 76.8 Å². The fourth-order valence-corrected chi connectivity index (χ4v) is 0.951.